The molecule has 114 valence electrons. The van der Waals surface area contributed by atoms with E-state index in [9.17, 15) is 0 Å². The number of aromatic nitrogens is 4. The van der Waals surface area contributed by atoms with Gasteiger partial charge in [0.15, 0.2) is 5.65 Å². The molecule has 1 fully saturated rings. The molecule has 0 amide bonds. The first kappa shape index (κ1) is 14.3. The predicted octanol–water partition coefficient (Wildman–Crippen LogP) is 3.14. The molecule has 0 aliphatic heterocycles. The van der Waals surface area contributed by atoms with Gasteiger partial charge in [0.25, 0.3) is 0 Å². The van der Waals surface area contributed by atoms with Gasteiger partial charge >= 0.3 is 0 Å². The van der Waals surface area contributed by atoms with E-state index < -0.39 is 0 Å². The molecule has 5 heteroatoms. The standard InChI is InChI=1S/C16H25N5/c1-3-5-6-9-17-16-18-11-13-15(21(16)10-4-2)20-14(19-13)12-7-8-12/h11-12H,3-10H2,1-2H3,(H,19,20). The van der Waals surface area contributed by atoms with Crippen LogP contribution in [-0.2, 0) is 6.54 Å². The molecule has 1 aliphatic rings. The molecule has 2 aromatic rings. The molecule has 0 atom stereocenters. The number of fused-ring (bicyclic) bond motifs is 1. The highest BCUT2D eigenvalue weighted by Gasteiger charge is 2.27. The van der Waals surface area contributed by atoms with Gasteiger partial charge in [-0.25, -0.2) is 9.97 Å². The summed E-state index contributed by atoms with van der Waals surface area (Å²) in [5.41, 5.74) is 2.88. The first-order valence-corrected chi connectivity index (χ1v) is 8.29. The third-order valence-electron chi connectivity index (χ3n) is 3.96. The molecule has 0 bridgehead atoms. The van der Waals surface area contributed by atoms with Crippen molar-refractivity contribution in [3.8, 4) is 0 Å². The topological polar surface area (TPSA) is 58.9 Å². The molecule has 0 unspecified atom stereocenters. The molecule has 1 aliphatic carbocycles. The minimum absolute atomic E-state index is 0.636. The van der Waals surface area contributed by atoms with Gasteiger partial charge in [0.05, 0.1) is 6.20 Å². The monoisotopic (exact) mass is 287 g/mol. The number of unbranched alkanes of at least 4 members (excludes halogenated alkanes) is 2. The summed E-state index contributed by atoms with van der Waals surface area (Å²) < 4.78 is 2.17. The van der Waals surface area contributed by atoms with Gasteiger partial charge in [-0.2, -0.15) is 0 Å². The Hall–Kier alpha value is -1.65. The number of nitrogens with zero attached hydrogens (tertiary/aromatic N) is 4. The minimum Gasteiger partial charge on any atom is -0.339 e. The van der Waals surface area contributed by atoms with Crippen molar-refractivity contribution in [2.24, 2.45) is 4.99 Å². The quantitative estimate of drug-likeness (QED) is 0.795. The normalized spacial score (nSPS) is 16.0. The Balaban J connectivity index is 1.96. The summed E-state index contributed by atoms with van der Waals surface area (Å²) >= 11 is 0. The second-order valence-corrected chi connectivity index (χ2v) is 5.93. The zero-order chi connectivity index (χ0) is 14.7. The number of rotatable bonds is 7. The molecule has 0 spiro atoms. The highest BCUT2D eigenvalue weighted by atomic mass is 15.2. The van der Waals surface area contributed by atoms with E-state index in [2.05, 4.69) is 33.4 Å². The van der Waals surface area contributed by atoms with E-state index in [4.69, 9.17) is 4.98 Å². The van der Waals surface area contributed by atoms with Crippen LogP contribution in [0.1, 0.15) is 64.1 Å². The van der Waals surface area contributed by atoms with Crippen LogP contribution in [0.25, 0.3) is 11.2 Å². The second kappa shape index (κ2) is 6.41. The van der Waals surface area contributed by atoms with E-state index in [1.165, 1.54) is 25.7 Å². The van der Waals surface area contributed by atoms with Crippen LogP contribution < -0.4 is 5.62 Å². The van der Waals surface area contributed by atoms with Crippen molar-refractivity contribution < 1.29 is 0 Å². The zero-order valence-corrected chi connectivity index (χ0v) is 13.1. The van der Waals surface area contributed by atoms with Crippen molar-refractivity contribution in [1.29, 1.82) is 0 Å². The molecule has 0 radical (unpaired) electrons. The summed E-state index contributed by atoms with van der Waals surface area (Å²) in [7, 11) is 0. The third-order valence-corrected chi connectivity index (χ3v) is 3.96. The Morgan fingerprint density at radius 2 is 2.14 bits per heavy atom. The molecule has 1 N–H and O–H groups in total. The van der Waals surface area contributed by atoms with Crippen LogP contribution in [0.2, 0.25) is 0 Å². The number of hydrogen-bond donors (Lipinski definition) is 1. The first-order chi connectivity index (χ1) is 10.3. The summed E-state index contributed by atoms with van der Waals surface area (Å²) in [6.45, 7) is 6.17. The third kappa shape index (κ3) is 3.17. The predicted molar refractivity (Wildman–Crippen MR) is 84.1 cm³/mol. The Kier molecular flexibility index (Phi) is 4.36. The molecule has 0 aromatic carbocycles. The lowest BCUT2D eigenvalue weighted by atomic mass is 10.2. The number of aromatic amines is 1. The van der Waals surface area contributed by atoms with Crippen molar-refractivity contribution in [3.05, 3.63) is 17.6 Å². The Morgan fingerprint density at radius 1 is 1.29 bits per heavy atom. The van der Waals surface area contributed by atoms with Crippen molar-refractivity contribution in [1.82, 2.24) is 19.5 Å². The zero-order valence-electron chi connectivity index (χ0n) is 13.1. The average molecular weight is 287 g/mol. The van der Waals surface area contributed by atoms with Crippen LogP contribution >= 0.6 is 0 Å². The molecule has 0 saturated heterocycles. The lowest BCUT2D eigenvalue weighted by Crippen LogP contribution is -2.25. The van der Waals surface area contributed by atoms with Gasteiger partial charge in [0, 0.05) is 19.0 Å². The molecule has 5 nitrogen and oxygen atoms in total. The van der Waals surface area contributed by atoms with Crippen LogP contribution in [0.4, 0.5) is 0 Å². The van der Waals surface area contributed by atoms with Gasteiger partial charge in [-0.1, -0.05) is 26.7 Å². The molecular formula is C16H25N5. The van der Waals surface area contributed by atoms with Gasteiger partial charge in [-0.15, -0.1) is 0 Å². The highest BCUT2D eigenvalue weighted by Crippen LogP contribution is 2.38. The lowest BCUT2D eigenvalue weighted by Gasteiger charge is -2.06. The molecular weight excluding hydrogens is 262 g/mol. The summed E-state index contributed by atoms with van der Waals surface area (Å²) in [5.74, 6) is 1.76. The number of nitrogens with one attached hydrogen (secondary N) is 1. The van der Waals surface area contributed by atoms with Crippen LogP contribution in [-0.4, -0.2) is 26.1 Å². The molecule has 3 rings (SSSR count). The summed E-state index contributed by atoms with van der Waals surface area (Å²) in [4.78, 5) is 17.5. The summed E-state index contributed by atoms with van der Waals surface area (Å²) in [6, 6.07) is 0. The van der Waals surface area contributed by atoms with Crippen molar-refractivity contribution in [2.45, 2.75) is 64.8 Å². The Bertz CT molecular complexity index is 663. The highest BCUT2D eigenvalue weighted by molar-refractivity contribution is 5.69. The summed E-state index contributed by atoms with van der Waals surface area (Å²) in [6.07, 6.45) is 9.06. The van der Waals surface area contributed by atoms with E-state index in [0.717, 1.165) is 48.5 Å². The number of H-pyrrole nitrogens is 1. The van der Waals surface area contributed by atoms with Crippen LogP contribution in [0.15, 0.2) is 11.2 Å². The fraction of sp³-hybridized carbons (Fsp3) is 0.688. The minimum atomic E-state index is 0.636. The van der Waals surface area contributed by atoms with Crippen molar-refractivity contribution >= 4 is 11.2 Å². The van der Waals surface area contributed by atoms with Gasteiger partial charge in [-0.05, 0) is 25.7 Å². The van der Waals surface area contributed by atoms with Crippen LogP contribution in [0.3, 0.4) is 0 Å². The smallest absolute Gasteiger partial charge is 0.226 e. The fourth-order valence-corrected chi connectivity index (χ4v) is 2.63. The Morgan fingerprint density at radius 3 is 2.86 bits per heavy atom. The van der Waals surface area contributed by atoms with Crippen LogP contribution in [0, 0.1) is 0 Å². The Labute approximate surface area is 125 Å². The molecule has 2 aromatic heterocycles. The fourth-order valence-electron chi connectivity index (χ4n) is 2.63. The maximum absolute atomic E-state index is 4.81. The average Bonchev–Trinajstić information content (AvgIpc) is 3.25. The first-order valence-electron chi connectivity index (χ1n) is 8.29. The van der Waals surface area contributed by atoms with Crippen molar-refractivity contribution in [3.63, 3.8) is 0 Å². The van der Waals surface area contributed by atoms with Crippen LogP contribution in [0.5, 0.6) is 0 Å². The number of imidazole rings is 1. The lowest BCUT2D eigenvalue weighted by molar-refractivity contribution is 0.624. The second-order valence-electron chi connectivity index (χ2n) is 5.93. The maximum atomic E-state index is 4.81. The van der Waals surface area contributed by atoms with Gasteiger partial charge in [-0.3, -0.25) is 9.56 Å². The number of hydrogen-bond acceptors (Lipinski definition) is 3. The van der Waals surface area contributed by atoms with Gasteiger partial charge in [0.2, 0.25) is 5.62 Å². The molecule has 21 heavy (non-hydrogen) atoms. The molecule has 2 heterocycles. The van der Waals surface area contributed by atoms with E-state index >= 15 is 0 Å². The maximum Gasteiger partial charge on any atom is 0.226 e. The largest absolute Gasteiger partial charge is 0.339 e. The van der Waals surface area contributed by atoms with Crippen molar-refractivity contribution in [2.75, 3.05) is 6.54 Å². The molecule has 1 saturated carbocycles. The SMILES string of the molecule is CCCCCN=c1ncc2[nH]c(C3CC3)nc2n1CCC. The van der Waals surface area contributed by atoms with Gasteiger partial charge < -0.3 is 4.98 Å². The van der Waals surface area contributed by atoms with Gasteiger partial charge in [0.1, 0.15) is 11.3 Å². The number of aryl methyl sites for hydroxylation is 1. The van der Waals surface area contributed by atoms with E-state index in [0.29, 0.717) is 5.92 Å². The van der Waals surface area contributed by atoms with E-state index in [1.807, 2.05) is 6.20 Å². The van der Waals surface area contributed by atoms with E-state index in [1.54, 1.807) is 0 Å². The summed E-state index contributed by atoms with van der Waals surface area (Å²) in [5, 5.41) is 0. The van der Waals surface area contributed by atoms with E-state index in [-0.39, 0.29) is 0 Å².